The third kappa shape index (κ3) is 2.47. The van der Waals surface area contributed by atoms with Crippen molar-refractivity contribution in [3.8, 4) is 11.8 Å². The molecule has 0 amide bonds. The lowest BCUT2D eigenvalue weighted by molar-refractivity contribution is 1.01. The van der Waals surface area contributed by atoms with Gasteiger partial charge in [0, 0.05) is 35.7 Å². The molecular formula is C12H12N4. The molecule has 0 radical (unpaired) electrons. The van der Waals surface area contributed by atoms with Crippen LogP contribution in [-0.4, -0.2) is 13.1 Å². The summed E-state index contributed by atoms with van der Waals surface area (Å²) >= 11 is 0. The van der Waals surface area contributed by atoms with E-state index in [1.807, 2.05) is 6.07 Å². The summed E-state index contributed by atoms with van der Waals surface area (Å²) in [5.74, 6) is 6.06. The van der Waals surface area contributed by atoms with Crippen LogP contribution in [0.2, 0.25) is 0 Å². The van der Waals surface area contributed by atoms with Gasteiger partial charge in [-0.2, -0.15) is 0 Å². The molecule has 1 aliphatic rings. The maximum atomic E-state index is 8.09. The summed E-state index contributed by atoms with van der Waals surface area (Å²) in [4.78, 5) is 2.68. The molecule has 4 nitrogen and oxygen atoms in total. The Balaban J connectivity index is 2.02. The highest BCUT2D eigenvalue weighted by atomic mass is 15.1. The van der Waals surface area contributed by atoms with Gasteiger partial charge in [0.05, 0.1) is 0 Å². The van der Waals surface area contributed by atoms with Gasteiger partial charge in [0.15, 0.2) is 0 Å². The van der Waals surface area contributed by atoms with Gasteiger partial charge < -0.3 is 5.32 Å². The van der Waals surface area contributed by atoms with Crippen molar-refractivity contribution >= 4 is 5.69 Å². The van der Waals surface area contributed by atoms with Crippen LogP contribution < -0.4 is 5.32 Å². The van der Waals surface area contributed by atoms with Crippen molar-refractivity contribution in [3.63, 3.8) is 0 Å². The molecule has 4 heteroatoms. The standard InChI is InChI=1S/C12H12N4/c13-16-15-7-2-1-3-10-4-5-12-11(9-10)6-8-14-12/h4-5,9,14H,2,6-8H2. The second-order valence-electron chi connectivity index (χ2n) is 3.55. The van der Waals surface area contributed by atoms with Gasteiger partial charge in [-0.05, 0) is 35.7 Å². The number of nitrogens with zero attached hydrogens (tertiary/aromatic N) is 3. The molecule has 0 atom stereocenters. The smallest absolute Gasteiger partial charge is 0.0374 e. The average Bonchev–Trinajstić information content (AvgIpc) is 2.76. The lowest BCUT2D eigenvalue weighted by atomic mass is 10.1. The Morgan fingerprint density at radius 2 is 2.44 bits per heavy atom. The number of anilines is 1. The van der Waals surface area contributed by atoms with E-state index >= 15 is 0 Å². The van der Waals surface area contributed by atoms with Gasteiger partial charge >= 0.3 is 0 Å². The minimum atomic E-state index is 0.440. The fourth-order valence-electron chi connectivity index (χ4n) is 1.70. The number of nitrogens with one attached hydrogen (secondary N) is 1. The molecule has 1 aromatic rings. The molecule has 0 saturated heterocycles. The van der Waals surface area contributed by atoms with Gasteiger partial charge in [0.25, 0.3) is 0 Å². The minimum Gasteiger partial charge on any atom is -0.384 e. The third-order valence-corrected chi connectivity index (χ3v) is 2.45. The average molecular weight is 212 g/mol. The van der Waals surface area contributed by atoms with Crippen LogP contribution in [0.4, 0.5) is 5.69 Å². The number of azide groups is 1. The molecule has 0 aliphatic carbocycles. The molecule has 1 N–H and O–H groups in total. The first kappa shape index (κ1) is 10.4. The van der Waals surface area contributed by atoms with Crippen molar-refractivity contribution < 1.29 is 0 Å². The molecule has 80 valence electrons. The molecule has 0 unspecified atom stereocenters. The number of benzene rings is 1. The van der Waals surface area contributed by atoms with E-state index in [1.54, 1.807) is 0 Å². The zero-order valence-corrected chi connectivity index (χ0v) is 8.90. The van der Waals surface area contributed by atoms with Crippen molar-refractivity contribution in [3.05, 3.63) is 39.8 Å². The van der Waals surface area contributed by atoms with Crippen LogP contribution >= 0.6 is 0 Å². The molecule has 2 rings (SSSR count). The Bertz CT molecular complexity index is 489. The number of hydrogen-bond acceptors (Lipinski definition) is 2. The molecule has 0 fully saturated rings. The van der Waals surface area contributed by atoms with E-state index in [2.05, 4.69) is 39.3 Å². The summed E-state index contributed by atoms with van der Waals surface area (Å²) in [5, 5.41) is 6.74. The van der Waals surface area contributed by atoms with E-state index in [0.29, 0.717) is 13.0 Å². The first-order valence-corrected chi connectivity index (χ1v) is 5.26. The molecule has 1 aliphatic heterocycles. The fraction of sp³-hybridized carbons (Fsp3) is 0.333. The van der Waals surface area contributed by atoms with E-state index < -0.39 is 0 Å². The monoisotopic (exact) mass is 212 g/mol. The minimum absolute atomic E-state index is 0.440. The topological polar surface area (TPSA) is 60.8 Å². The Labute approximate surface area is 94.3 Å². The molecular weight excluding hydrogens is 200 g/mol. The highest BCUT2D eigenvalue weighted by molar-refractivity contribution is 5.58. The lowest BCUT2D eigenvalue weighted by Gasteiger charge is -1.98. The highest BCUT2D eigenvalue weighted by Gasteiger charge is 2.08. The van der Waals surface area contributed by atoms with Crippen molar-refractivity contribution in [1.29, 1.82) is 0 Å². The predicted octanol–water partition coefficient (Wildman–Crippen LogP) is 2.71. The normalized spacial score (nSPS) is 11.8. The van der Waals surface area contributed by atoms with Crippen molar-refractivity contribution in [1.82, 2.24) is 0 Å². The fourth-order valence-corrected chi connectivity index (χ4v) is 1.70. The van der Waals surface area contributed by atoms with E-state index in [4.69, 9.17) is 5.53 Å². The number of fused-ring (bicyclic) bond motifs is 1. The Kier molecular flexibility index (Phi) is 3.32. The van der Waals surface area contributed by atoms with E-state index in [-0.39, 0.29) is 0 Å². The molecule has 1 aromatic carbocycles. The van der Waals surface area contributed by atoms with Gasteiger partial charge in [-0.25, -0.2) is 0 Å². The SMILES string of the molecule is [N-]=[N+]=NCCC#Cc1ccc2c(c1)CCN2. The van der Waals surface area contributed by atoms with E-state index in [0.717, 1.165) is 18.5 Å². The van der Waals surface area contributed by atoms with Crippen LogP contribution in [0.25, 0.3) is 10.4 Å². The van der Waals surface area contributed by atoms with Crippen molar-refractivity contribution in [2.24, 2.45) is 5.11 Å². The van der Waals surface area contributed by atoms with Crippen LogP contribution in [0, 0.1) is 11.8 Å². The van der Waals surface area contributed by atoms with Gasteiger partial charge in [-0.15, -0.1) is 0 Å². The van der Waals surface area contributed by atoms with Gasteiger partial charge in [-0.1, -0.05) is 17.0 Å². The summed E-state index contributed by atoms with van der Waals surface area (Å²) in [6.07, 6.45) is 1.68. The number of rotatable bonds is 2. The van der Waals surface area contributed by atoms with Crippen LogP contribution in [0.15, 0.2) is 23.3 Å². The second-order valence-corrected chi connectivity index (χ2v) is 3.55. The van der Waals surface area contributed by atoms with E-state index in [1.165, 1.54) is 11.3 Å². The van der Waals surface area contributed by atoms with Gasteiger partial charge in [0.2, 0.25) is 0 Å². The maximum absolute atomic E-state index is 8.09. The summed E-state index contributed by atoms with van der Waals surface area (Å²) in [6, 6.07) is 6.20. The summed E-state index contributed by atoms with van der Waals surface area (Å²) < 4.78 is 0. The Morgan fingerprint density at radius 3 is 3.31 bits per heavy atom. The van der Waals surface area contributed by atoms with Gasteiger partial charge in [-0.3, -0.25) is 0 Å². The van der Waals surface area contributed by atoms with Crippen LogP contribution in [0.5, 0.6) is 0 Å². The largest absolute Gasteiger partial charge is 0.384 e. The summed E-state index contributed by atoms with van der Waals surface area (Å²) in [6.45, 7) is 1.46. The first-order chi connectivity index (χ1) is 7.90. The second kappa shape index (κ2) is 5.11. The third-order valence-electron chi connectivity index (χ3n) is 2.45. The summed E-state index contributed by atoms with van der Waals surface area (Å²) in [5.41, 5.74) is 11.7. The zero-order valence-electron chi connectivity index (χ0n) is 8.90. The Hall–Kier alpha value is -2.11. The quantitative estimate of drug-likeness (QED) is 0.264. The molecule has 1 heterocycles. The van der Waals surface area contributed by atoms with Gasteiger partial charge in [0.1, 0.15) is 0 Å². The van der Waals surface area contributed by atoms with Crippen molar-refractivity contribution in [2.45, 2.75) is 12.8 Å². The zero-order chi connectivity index (χ0) is 11.2. The molecule has 0 aromatic heterocycles. The molecule has 0 bridgehead atoms. The molecule has 16 heavy (non-hydrogen) atoms. The summed E-state index contributed by atoms with van der Waals surface area (Å²) in [7, 11) is 0. The Morgan fingerprint density at radius 1 is 1.50 bits per heavy atom. The molecule has 0 saturated carbocycles. The highest BCUT2D eigenvalue weighted by Crippen LogP contribution is 2.22. The van der Waals surface area contributed by atoms with Crippen molar-refractivity contribution in [2.75, 3.05) is 18.4 Å². The van der Waals surface area contributed by atoms with E-state index in [9.17, 15) is 0 Å². The van der Waals surface area contributed by atoms with Crippen LogP contribution in [0.1, 0.15) is 17.5 Å². The number of hydrogen-bond donors (Lipinski definition) is 1. The lowest BCUT2D eigenvalue weighted by Crippen LogP contribution is -1.90. The molecule has 0 spiro atoms. The van der Waals surface area contributed by atoms with Crippen LogP contribution in [-0.2, 0) is 6.42 Å². The first-order valence-electron chi connectivity index (χ1n) is 5.26. The predicted molar refractivity (Wildman–Crippen MR) is 64.1 cm³/mol. The maximum Gasteiger partial charge on any atom is 0.0374 e. The van der Waals surface area contributed by atoms with Crippen LogP contribution in [0.3, 0.4) is 0 Å².